The molecule has 6 atom stereocenters. The Balaban J connectivity index is 1.66. The largest absolute Gasteiger partial charge is 0.480 e. The Morgan fingerprint density at radius 3 is 2.76 bits per heavy atom. The number of nitrogens with one attached hydrogen (secondary N) is 1. The minimum atomic E-state index is -1.07. The summed E-state index contributed by atoms with van der Waals surface area (Å²) in [6.45, 7) is 0.655. The van der Waals surface area contributed by atoms with Gasteiger partial charge in [-0.15, -0.1) is 0 Å². The van der Waals surface area contributed by atoms with Crippen LogP contribution in [-0.4, -0.2) is 95.3 Å². The highest BCUT2D eigenvalue weighted by atomic mass is 32.2. The van der Waals surface area contributed by atoms with E-state index in [4.69, 9.17) is 22.3 Å². The standard InChI is InChI=1S/C23H34N8O5S/c24-6-3-4-17(32)27-7-1-2-8-37(9-5-15(25)23(35)36)11-14-10-16(20(34)19(14)33)31-13-30-18-21(26)28-12-29-22(18)31/h12-16,19-20,33-34H,3-11,24-25H2,(H3-,26,27,28,29,32,35,36)/p+1/t14-,15+,16-,19?,20-,37?/m1/s1. The smallest absolute Gasteiger partial charge is 0.320 e. The van der Waals surface area contributed by atoms with Gasteiger partial charge < -0.3 is 42.4 Å². The van der Waals surface area contributed by atoms with Crippen molar-refractivity contribution < 1.29 is 24.9 Å². The van der Waals surface area contributed by atoms with Gasteiger partial charge >= 0.3 is 5.97 Å². The molecule has 13 nitrogen and oxygen atoms in total. The molecule has 14 heteroatoms. The number of carbonyl (C=O) groups is 2. The van der Waals surface area contributed by atoms with Crippen molar-refractivity contribution >= 4 is 39.8 Å². The lowest BCUT2D eigenvalue weighted by atomic mass is 10.1. The Labute approximate surface area is 217 Å². The molecule has 1 aliphatic rings. The van der Waals surface area contributed by atoms with Crippen molar-refractivity contribution in [2.75, 3.05) is 36.1 Å². The molecule has 2 unspecified atom stereocenters. The summed E-state index contributed by atoms with van der Waals surface area (Å²) in [4.78, 5) is 35.3. The fourth-order valence-corrected chi connectivity index (χ4v) is 6.56. The molecule has 2 aromatic heterocycles. The van der Waals surface area contributed by atoms with Crippen molar-refractivity contribution in [1.82, 2.24) is 24.8 Å². The number of hydrogen-bond donors (Lipinski definition) is 7. The molecule has 2 heterocycles. The van der Waals surface area contributed by atoms with E-state index in [1.54, 1.807) is 4.57 Å². The lowest BCUT2D eigenvalue weighted by Gasteiger charge is -2.18. The summed E-state index contributed by atoms with van der Waals surface area (Å²) in [6, 6.07) is -1.44. The van der Waals surface area contributed by atoms with Gasteiger partial charge in [0.25, 0.3) is 0 Å². The van der Waals surface area contributed by atoms with Crippen molar-refractivity contribution in [3.05, 3.63) is 12.7 Å². The van der Waals surface area contributed by atoms with Gasteiger partial charge in [-0.05, 0) is 36.2 Å². The van der Waals surface area contributed by atoms with Gasteiger partial charge in [0.15, 0.2) is 17.2 Å². The summed E-state index contributed by atoms with van der Waals surface area (Å²) >= 11 is 0. The van der Waals surface area contributed by atoms with Crippen molar-refractivity contribution in [3.63, 3.8) is 0 Å². The van der Waals surface area contributed by atoms with Gasteiger partial charge in [0.1, 0.15) is 35.5 Å². The fraction of sp³-hybridized carbons (Fsp3) is 0.609. The molecule has 37 heavy (non-hydrogen) atoms. The second kappa shape index (κ2) is 13.5. The third-order valence-electron chi connectivity index (χ3n) is 6.38. The van der Waals surface area contributed by atoms with Crippen LogP contribution in [-0.2, 0) is 20.5 Å². The number of nitrogen functional groups attached to an aromatic ring is 1. The van der Waals surface area contributed by atoms with Crippen LogP contribution >= 0.6 is 0 Å². The Kier molecular flexibility index (Phi) is 10.5. The number of carboxylic acid groups (broad SMARTS) is 1. The second-order valence-electron chi connectivity index (χ2n) is 9.01. The summed E-state index contributed by atoms with van der Waals surface area (Å²) in [5.74, 6) is 6.33. The summed E-state index contributed by atoms with van der Waals surface area (Å²) in [5.41, 5.74) is 17.9. The fourth-order valence-electron chi connectivity index (χ4n) is 4.30. The number of carboxylic acids is 1. The predicted octanol–water partition coefficient (Wildman–Crippen LogP) is -2.03. The number of carbonyl (C=O) groups excluding carboxylic acids is 1. The lowest BCUT2D eigenvalue weighted by molar-refractivity contribution is -0.138. The first kappa shape index (κ1) is 28.6. The van der Waals surface area contributed by atoms with Crippen LogP contribution in [0.5, 0.6) is 0 Å². The Hall–Kier alpha value is -2.96. The van der Waals surface area contributed by atoms with E-state index < -0.39 is 30.3 Å². The van der Waals surface area contributed by atoms with E-state index in [1.165, 1.54) is 12.7 Å². The van der Waals surface area contributed by atoms with Crippen LogP contribution in [0.3, 0.4) is 0 Å². The normalized spacial score (nSPS) is 22.8. The maximum atomic E-state index is 11.7. The van der Waals surface area contributed by atoms with Crippen LogP contribution in [0, 0.1) is 17.8 Å². The SMILES string of the molecule is NCCCC(=O)NCC#CC[S+](CC[C@H](N)C(=O)O)C[C@H]1C[C@@H](n2cnc3c(N)ncnc32)[C@@H](O)C1O. The zero-order chi connectivity index (χ0) is 26.9. The van der Waals surface area contributed by atoms with Gasteiger partial charge in [-0.3, -0.25) is 9.59 Å². The summed E-state index contributed by atoms with van der Waals surface area (Å²) in [7, 11) is -0.386. The molecule has 0 saturated heterocycles. The van der Waals surface area contributed by atoms with Gasteiger partial charge in [0.2, 0.25) is 5.91 Å². The first-order chi connectivity index (χ1) is 17.7. The summed E-state index contributed by atoms with van der Waals surface area (Å²) in [6.07, 6.45) is 2.54. The van der Waals surface area contributed by atoms with Crippen molar-refractivity contribution in [2.45, 2.75) is 50.0 Å². The number of nitrogens with two attached hydrogens (primary N) is 3. The van der Waals surface area contributed by atoms with Gasteiger partial charge in [0.05, 0.1) is 25.0 Å². The first-order valence-electron chi connectivity index (χ1n) is 12.1. The number of amides is 1. The molecule has 0 spiro atoms. The topological polar surface area (TPSA) is 229 Å². The number of imidazole rings is 1. The highest BCUT2D eigenvalue weighted by molar-refractivity contribution is 7.97. The number of anilines is 1. The monoisotopic (exact) mass is 535 g/mol. The molecule has 0 aliphatic heterocycles. The van der Waals surface area contributed by atoms with Crippen molar-refractivity contribution in [3.8, 4) is 11.8 Å². The Morgan fingerprint density at radius 1 is 1.24 bits per heavy atom. The van der Waals surface area contributed by atoms with Crippen LogP contribution < -0.4 is 22.5 Å². The van der Waals surface area contributed by atoms with Crippen LogP contribution in [0.2, 0.25) is 0 Å². The molecule has 0 aromatic carbocycles. The Bertz CT molecular complexity index is 1140. The van der Waals surface area contributed by atoms with E-state index in [0.29, 0.717) is 54.2 Å². The van der Waals surface area contributed by atoms with Crippen LogP contribution in [0.15, 0.2) is 12.7 Å². The van der Waals surface area contributed by atoms with Gasteiger partial charge in [-0.25, -0.2) is 15.0 Å². The molecular weight excluding hydrogens is 500 g/mol. The maximum Gasteiger partial charge on any atom is 0.320 e. The van der Waals surface area contributed by atoms with E-state index in [2.05, 4.69) is 32.1 Å². The lowest BCUT2D eigenvalue weighted by Crippen LogP contribution is -2.36. The molecule has 1 fully saturated rings. The first-order valence-corrected chi connectivity index (χ1v) is 13.8. The van der Waals surface area contributed by atoms with E-state index in [1.807, 2.05) is 0 Å². The zero-order valence-corrected chi connectivity index (χ0v) is 21.3. The minimum absolute atomic E-state index is 0.112. The highest BCUT2D eigenvalue weighted by Gasteiger charge is 2.45. The summed E-state index contributed by atoms with van der Waals surface area (Å²) in [5, 5.41) is 33.6. The van der Waals surface area contributed by atoms with E-state index in [0.717, 1.165) is 0 Å². The number of rotatable bonds is 12. The molecular formula is C23H35N8O5S+. The average molecular weight is 536 g/mol. The highest BCUT2D eigenvalue weighted by Crippen LogP contribution is 2.38. The molecule has 0 radical (unpaired) electrons. The number of aliphatic hydroxyl groups is 2. The molecule has 2 aromatic rings. The van der Waals surface area contributed by atoms with Crippen LogP contribution in [0.1, 0.15) is 31.7 Å². The zero-order valence-electron chi connectivity index (χ0n) is 20.5. The van der Waals surface area contributed by atoms with Crippen LogP contribution in [0.4, 0.5) is 5.82 Å². The molecule has 202 valence electrons. The number of nitrogens with zero attached hydrogens (tertiary/aromatic N) is 4. The minimum Gasteiger partial charge on any atom is -0.480 e. The molecule has 1 amide bonds. The number of aliphatic carboxylic acids is 1. The van der Waals surface area contributed by atoms with Gasteiger partial charge in [-0.2, -0.15) is 0 Å². The van der Waals surface area contributed by atoms with Crippen LogP contribution in [0.25, 0.3) is 11.2 Å². The maximum absolute atomic E-state index is 11.7. The Morgan fingerprint density at radius 2 is 2.03 bits per heavy atom. The number of hydrogen-bond acceptors (Lipinski definition) is 10. The van der Waals surface area contributed by atoms with E-state index in [-0.39, 0.29) is 41.5 Å². The number of fused-ring (bicyclic) bond motifs is 1. The molecule has 1 saturated carbocycles. The van der Waals surface area contributed by atoms with E-state index in [9.17, 15) is 19.8 Å². The molecule has 1 aliphatic carbocycles. The third-order valence-corrected chi connectivity index (χ3v) is 8.65. The molecule has 0 bridgehead atoms. The van der Waals surface area contributed by atoms with Gasteiger partial charge in [0, 0.05) is 18.8 Å². The van der Waals surface area contributed by atoms with E-state index >= 15 is 0 Å². The number of aliphatic hydroxyl groups excluding tert-OH is 2. The second-order valence-corrected chi connectivity index (χ2v) is 11.3. The summed E-state index contributed by atoms with van der Waals surface area (Å²) < 4.78 is 1.72. The quantitative estimate of drug-likeness (QED) is 0.116. The average Bonchev–Trinajstić information content (AvgIpc) is 3.42. The molecule has 10 N–H and O–H groups in total. The third kappa shape index (κ3) is 7.53. The molecule has 3 rings (SSSR count). The van der Waals surface area contributed by atoms with Crippen molar-refractivity contribution in [1.29, 1.82) is 0 Å². The predicted molar refractivity (Wildman–Crippen MR) is 140 cm³/mol. The van der Waals surface area contributed by atoms with Gasteiger partial charge in [-0.1, -0.05) is 5.92 Å². The van der Waals surface area contributed by atoms with Crippen molar-refractivity contribution in [2.24, 2.45) is 17.4 Å². The number of aromatic nitrogens is 4.